The lowest BCUT2D eigenvalue weighted by Crippen LogP contribution is -2.44. The number of pyridine rings is 1. The molecule has 124 valence electrons. The average Bonchev–Trinajstić information content (AvgIpc) is 2.94. The summed E-state index contributed by atoms with van der Waals surface area (Å²) >= 11 is 0. The minimum Gasteiger partial charge on any atom is -0.486 e. The van der Waals surface area contributed by atoms with Gasteiger partial charge in [-0.1, -0.05) is 12.1 Å². The SMILES string of the molecule is CN1C(=O)c2ccccc2O[C@H]2CN(Cc3ccncc3F)C[C@H]21. The van der Waals surface area contributed by atoms with Gasteiger partial charge in [0, 0.05) is 38.4 Å². The van der Waals surface area contributed by atoms with Crippen LogP contribution in [0.5, 0.6) is 5.75 Å². The van der Waals surface area contributed by atoms with E-state index in [9.17, 15) is 9.18 Å². The summed E-state index contributed by atoms with van der Waals surface area (Å²) in [6.45, 7) is 1.79. The molecule has 0 N–H and O–H groups in total. The van der Waals surface area contributed by atoms with E-state index in [0.717, 1.165) is 0 Å². The number of fused-ring (bicyclic) bond motifs is 2. The van der Waals surface area contributed by atoms with Gasteiger partial charge in [-0.2, -0.15) is 0 Å². The largest absolute Gasteiger partial charge is 0.486 e. The molecular weight excluding hydrogens is 309 g/mol. The molecule has 2 aliphatic heterocycles. The van der Waals surface area contributed by atoms with Gasteiger partial charge in [0.05, 0.1) is 17.8 Å². The van der Waals surface area contributed by atoms with E-state index >= 15 is 0 Å². The summed E-state index contributed by atoms with van der Waals surface area (Å²) in [6, 6.07) is 8.97. The number of amides is 1. The number of nitrogens with zero attached hydrogens (tertiary/aromatic N) is 3. The zero-order valence-corrected chi connectivity index (χ0v) is 13.4. The standard InChI is InChI=1S/C18H18FN3O2/c1-21-15-10-22(9-12-6-7-20-8-14(12)19)11-17(15)24-16-5-3-2-4-13(16)18(21)23/h2-8,15,17H,9-11H2,1H3/t15-,17+/m1/s1. The Kier molecular flexibility index (Phi) is 3.69. The number of halogens is 1. The van der Waals surface area contributed by atoms with Crippen molar-refractivity contribution in [3.8, 4) is 5.75 Å². The first-order chi connectivity index (χ1) is 11.6. The van der Waals surface area contributed by atoms with Crippen molar-refractivity contribution >= 4 is 5.91 Å². The Morgan fingerprint density at radius 1 is 1.29 bits per heavy atom. The highest BCUT2D eigenvalue weighted by atomic mass is 19.1. The smallest absolute Gasteiger partial charge is 0.257 e. The van der Waals surface area contributed by atoms with Gasteiger partial charge in [-0.15, -0.1) is 0 Å². The van der Waals surface area contributed by atoms with Crippen molar-refractivity contribution in [2.75, 3.05) is 20.1 Å². The molecule has 24 heavy (non-hydrogen) atoms. The minimum absolute atomic E-state index is 0.0324. The van der Waals surface area contributed by atoms with Crippen LogP contribution >= 0.6 is 0 Å². The number of carbonyl (C=O) groups excluding carboxylic acids is 1. The third-order valence-corrected chi connectivity index (χ3v) is 4.78. The second kappa shape index (κ2) is 5.87. The van der Waals surface area contributed by atoms with Crippen LogP contribution in [-0.2, 0) is 6.54 Å². The zero-order chi connectivity index (χ0) is 16.7. The first-order valence-corrected chi connectivity index (χ1v) is 7.97. The molecule has 1 saturated heterocycles. The first-order valence-electron chi connectivity index (χ1n) is 7.97. The van der Waals surface area contributed by atoms with Crippen molar-refractivity contribution in [3.63, 3.8) is 0 Å². The molecule has 0 saturated carbocycles. The summed E-state index contributed by atoms with van der Waals surface area (Å²) in [6.07, 6.45) is 2.70. The molecular formula is C18H18FN3O2. The van der Waals surface area contributed by atoms with Crippen LogP contribution in [0.1, 0.15) is 15.9 Å². The first kappa shape index (κ1) is 15.1. The quantitative estimate of drug-likeness (QED) is 0.846. The molecule has 3 heterocycles. The van der Waals surface area contributed by atoms with Crippen molar-refractivity contribution in [1.29, 1.82) is 0 Å². The molecule has 0 unspecified atom stereocenters. The Labute approximate surface area is 139 Å². The Balaban J connectivity index is 1.57. The van der Waals surface area contributed by atoms with Crippen molar-refractivity contribution < 1.29 is 13.9 Å². The number of likely N-dealkylation sites (N-methyl/N-ethyl adjacent to an activating group) is 1. The Morgan fingerprint density at radius 2 is 2.12 bits per heavy atom. The molecule has 1 aromatic carbocycles. The zero-order valence-electron chi connectivity index (χ0n) is 13.4. The van der Waals surface area contributed by atoms with Crippen LogP contribution in [0.3, 0.4) is 0 Å². The van der Waals surface area contributed by atoms with Crippen molar-refractivity contribution in [2.24, 2.45) is 0 Å². The van der Waals surface area contributed by atoms with Crippen LogP contribution < -0.4 is 4.74 Å². The number of para-hydroxylation sites is 1. The van der Waals surface area contributed by atoms with Crippen LogP contribution in [0.2, 0.25) is 0 Å². The number of aromatic nitrogens is 1. The van der Waals surface area contributed by atoms with Crippen LogP contribution in [0.15, 0.2) is 42.7 Å². The van der Waals surface area contributed by atoms with Crippen molar-refractivity contribution in [1.82, 2.24) is 14.8 Å². The van der Waals surface area contributed by atoms with E-state index < -0.39 is 0 Å². The summed E-state index contributed by atoms with van der Waals surface area (Å²) in [5.74, 6) is 0.286. The Hall–Kier alpha value is -2.47. The lowest BCUT2D eigenvalue weighted by atomic mass is 10.1. The number of hydrogen-bond acceptors (Lipinski definition) is 4. The van der Waals surface area contributed by atoms with Gasteiger partial charge in [-0.05, 0) is 18.2 Å². The molecule has 6 heteroatoms. The molecule has 0 bridgehead atoms. The van der Waals surface area contributed by atoms with Crippen LogP contribution in [0.4, 0.5) is 4.39 Å². The maximum atomic E-state index is 13.8. The van der Waals surface area contributed by atoms with Gasteiger partial charge in [0.2, 0.25) is 0 Å². The predicted octanol–water partition coefficient (Wildman–Crippen LogP) is 1.94. The van der Waals surface area contributed by atoms with Gasteiger partial charge >= 0.3 is 0 Å². The molecule has 1 aromatic heterocycles. The van der Waals surface area contributed by atoms with E-state index in [1.807, 2.05) is 25.2 Å². The second-order valence-corrected chi connectivity index (χ2v) is 6.30. The topological polar surface area (TPSA) is 45.7 Å². The molecule has 2 atom stereocenters. The lowest BCUT2D eigenvalue weighted by Gasteiger charge is -2.25. The molecule has 0 radical (unpaired) electrons. The molecule has 0 spiro atoms. The normalized spacial score (nSPS) is 23.4. The van der Waals surface area contributed by atoms with Gasteiger partial charge in [0.15, 0.2) is 0 Å². The summed E-state index contributed by atoms with van der Waals surface area (Å²) in [5, 5.41) is 0. The van der Waals surface area contributed by atoms with E-state index in [-0.39, 0.29) is 23.9 Å². The minimum atomic E-state index is -0.305. The molecule has 2 aromatic rings. The third kappa shape index (κ3) is 2.53. The molecule has 1 amide bonds. The third-order valence-electron chi connectivity index (χ3n) is 4.78. The number of ether oxygens (including phenoxy) is 1. The van der Waals surface area contributed by atoms with Crippen LogP contribution in [0.25, 0.3) is 0 Å². The highest BCUT2D eigenvalue weighted by Gasteiger charge is 2.42. The Bertz CT molecular complexity index is 782. The second-order valence-electron chi connectivity index (χ2n) is 6.30. The predicted molar refractivity (Wildman–Crippen MR) is 86.2 cm³/mol. The molecule has 4 rings (SSSR count). The number of hydrogen-bond donors (Lipinski definition) is 0. The fourth-order valence-electron chi connectivity index (χ4n) is 3.47. The maximum absolute atomic E-state index is 13.8. The van der Waals surface area contributed by atoms with Gasteiger partial charge in [-0.3, -0.25) is 14.7 Å². The van der Waals surface area contributed by atoms with E-state index in [1.54, 1.807) is 23.2 Å². The van der Waals surface area contributed by atoms with Gasteiger partial charge < -0.3 is 9.64 Å². The number of likely N-dealkylation sites (tertiary alicyclic amines) is 1. The van der Waals surface area contributed by atoms with E-state index in [1.165, 1.54) is 6.20 Å². The van der Waals surface area contributed by atoms with Crippen LogP contribution in [0, 0.1) is 5.82 Å². The van der Waals surface area contributed by atoms with E-state index in [2.05, 4.69) is 9.88 Å². The van der Waals surface area contributed by atoms with E-state index in [0.29, 0.717) is 36.5 Å². The van der Waals surface area contributed by atoms with Crippen LogP contribution in [-0.4, -0.2) is 53.0 Å². The summed E-state index contributed by atoms with van der Waals surface area (Å²) in [7, 11) is 1.81. The van der Waals surface area contributed by atoms with Gasteiger partial charge in [0.1, 0.15) is 17.7 Å². The summed E-state index contributed by atoms with van der Waals surface area (Å²) in [4.78, 5) is 20.3. The highest BCUT2D eigenvalue weighted by Crippen LogP contribution is 2.31. The van der Waals surface area contributed by atoms with Crippen molar-refractivity contribution in [2.45, 2.75) is 18.7 Å². The molecule has 0 aliphatic carbocycles. The van der Waals surface area contributed by atoms with Crippen molar-refractivity contribution in [3.05, 3.63) is 59.7 Å². The maximum Gasteiger partial charge on any atom is 0.257 e. The number of rotatable bonds is 2. The van der Waals surface area contributed by atoms with E-state index in [4.69, 9.17) is 4.74 Å². The van der Waals surface area contributed by atoms with Gasteiger partial charge in [-0.25, -0.2) is 4.39 Å². The monoisotopic (exact) mass is 327 g/mol. The summed E-state index contributed by atoms with van der Waals surface area (Å²) in [5.41, 5.74) is 1.21. The number of carbonyl (C=O) groups is 1. The van der Waals surface area contributed by atoms with Gasteiger partial charge in [0.25, 0.3) is 5.91 Å². The fraction of sp³-hybridized carbons (Fsp3) is 0.333. The molecule has 1 fully saturated rings. The summed E-state index contributed by atoms with van der Waals surface area (Å²) < 4.78 is 19.9. The lowest BCUT2D eigenvalue weighted by molar-refractivity contribution is 0.0682. The molecule has 2 aliphatic rings. The average molecular weight is 327 g/mol. The molecule has 5 nitrogen and oxygen atoms in total. The fourth-order valence-corrected chi connectivity index (χ4v) is 3.47. The number of benzene rings is 1. The Morgan fingerprint density at radius 3 is 2.96 bits per heavy atom. The highest BCUT2D eigenvalue weighted by molar-refractivity contribution is 5.97.